The van der Waals surface area contributed by atoms with Gasteiger partial charge in [-0.05, 0) is 24.1 Å². The monoisotopic (exact) mass is 402 g/mol. The second-order valence-corrected chi connectivity index (χ2v) is 7.63. The molecule has 6 heteroatoms. The molecule has 6 nitrogen and oxygen atoms in total. The minimum Gasteiger partial charge on any atom is -0.378 e. The Labute approximate surface area is 176 Å². The largest absolute Gasteiger partial charge is 0.378 e. The zero-order valence-electron chi connectivity index (χ0n) is 18.4. The van der Waals surface area contributed by atoms with Gasteiger partial charge in [0, 0.05) is 26.2 Å². The lowest BCUT2D eigenvalue weighted by molar-refractivity contribution is -0.126. The van der Waals surface area contributed by atoms with Crippen LogP contribution in [0.1, 0.15) is 76.7 Å². The number of nitrogens with zero attached hydrogens (tertiary/aromatic N) is 2. The van der Waals surface area contributed by atoms with Crippen LogP contribution in [0.2, 0.25) is 0 Å². The van der Waals surface area contributed by atoms with Gasteiger partial charge in [0.15, 0.2) is 0 Å². The van der Waals surface area contributed by atoms with Crippen molar-refractivity contribution in [2.75, 3.05) is 25.5 Å². The number of amides is 2. The van der Waals surface area contributed by atoms with Crippen LogP contribution in [-0.2, 0) is 9.59 Å². The van der Waals surface area contributed by atoms with Crippen LogP contribution < -0.4 is 15.6 Å². The standard InChI is InChI=1S/C23H38N4O2/c1-4-5-6-7-8-9-10-11-12-13-22(28)24-19-23(29)26-25-18-20-14-16-21(17-15-20)27(2)3/h14-18H,4-13,19H2,1-3H3,(H,24,28)(H,26,29)/b25-18+. The Morgan fingerprint density at radius 3 is 2.07 bits per heavy atom. The molecule has 0 atom stereocenters. The Morgan fingerprint density at radius 2 is 1.48 bits per heavy atom. The Bertz CT molecular complexity index is 612. The molecule has 0 saturated carbocycles. The van der Waals surface area contributed by atoms with Crippen LogP contribution in [0.25, 0.3) is 0 Å². The molecule has 1 aromatic rings. The second-order valence-electron chi connectivity index (χ2n) is 7.63. The maximum absolute atomic E-state index is 11.8. The summed E-state index contributed by atoms with van der Waals surface area (Å²) in [5.41, 5.74) is 4.43. The molecule has 0 saturated heterocycles. The van der Waals surface area contributed by atoms with Crippen molar-refractivity contribution >= 4 is 23.7 Å². The number of anilines is 1. The summed E-state index contributed by atoms with van der Waals surface area (Å²) in [7, 11) is 3.96. The average molecular weight is 403 g/mol. The van der Waals surface area contributed by atoms with E-state index in [0.29, 0.717) is 6.42 Å². The van der Waals surface area contributed by atoms with Crippen molar-refractivity contribution in [3.63, 3.8) is 0 Å². The summed E-state index contributed by atoms with van der Waals surface area (Å²) in [5.74, 6) is -0.405. The van der Waals surface area contributed by atoms with Crippen LogP contribution in [-0.4, -0.2) is 38.7 Å². The number of nitrogens with one attached hydrogen (secondary N) is 2. The van der Waals surface area contributed by atoms with Gasteiger partial charge in [0.2, 0.25) is 5.91 Å². The average Bonchev–Trinajstić information content (AvgIpc) is 2.71. The molecule has 29 heavy (non-hydrogen) atoms. The van der Waals surface area contributed by atoms with Crippen molar-refractivity contribution in [2.24, 2.45) is 5.10 Å². The van der Waals surface area contributed by atoms with Gasteiger partial charge in [-0.2, -0.15) is 5.10 Å². The van der Waals surface area contributed by atoms with E-state index in [1.165, 1.54) is 44.9 Å². The minimum absolute atomic E-state index is 0.0484. The molecule has 0 radical (unpaired) electrons. The Hall–Kier alpha value is -2.37. The Balaban J connectivity index is 2.06. The zero-order valence-corrected chi connectivity index (χ0v) is 18.4. The van der Waals surface area contributed by atoms with E-state index in [4.69, 9.17) is 0 Å². The third-order valence-electron chi connectivity index (χ3n) is 4.77. The number of unbranched alkanes of at least 4 members (excludes halogenated alkanes) is 8. The van der Waals surface area contributed by atoms with E-state index in [1.54, 1.807) is 6.21 Å². The molecule has 162 valence electrons. The molecule has 1 rings (SSSR count). The normalized spacial score (nSPS) is 10.9. The van der Waals surface area contributed by atoms with Crippen molar-refractivity contribution in [3.8, 4) is 0 Å². The molecule has 0 aliphatic rings. The maximum Gasteiger partial charge on any atom is 0.259 e. The van der Waals surface area contributed by atoms with Gasteiger partial charge < -0.3 is 10.2 Å². The Morgan fingerprint density at radius 1 is 0.897 bits per heavy atom. The number of carbonyl (C=O) groups is 2. The summed E-state index contributed by atoms with van der Waals surface area (Å²) in [6.45, 7) is 2.18. The van der Waals surface area contributed by atoms with E-state index in [9.17, 15) is 9.59 Å². The van der Waals surface area contributed by atoms with Gasteiger partial charge in [-0.1, -0.05) is 70.4 Å². The number of benzene rings is 1. The molecule has 0 aliphatic heterocycles. The number of hydrogen-bond donors (Lipinski definition) is 2. The van der Waals surface area contributed by atoms with E-state index in [0.717, 1.165) is 24.1 Å². The lowest BCUT2D eigenvalue weighted by Crippen LogP contribution is -2.34. The summed E-state index contributed by atoms with van der Waals surface area (Å²) in [5, 5.41) is 6.57. The molecule has 2 N–H and O–H groups in total. The third kappa shape index (κ3) is 12.7. The van der Waals surface area contributed by atoms with Crippen LogP contribution in [0.4, 0.5) is 5.69 Å². The maximum atomic E-state index is 11.8. The van der Waals surface area contributed by atoms with Gasteiger partial charge in [0.25, 0.3) is 5.91 Å². The molecule has 0 heterocycles. The lowest BCUT2D eigenvalue weighted by atomic mass is 10.1. The summed E-state index contributed by atoms with van der Waals surface area (Å²) in [6, 6.07) is 7.82. The number of carbonyl (C=O) groups excluding carboxylic acids is 2. The van der Waals surface area contributed by atoms with E-state index < -0.39 is 0 Å². The minimum atomic E-state index is -0.327. The molecule has 0 aliphatic carbocycles. The van der Waals surface area contributed by atoms with Gasteiger partial charge in [0.05, 0.1) is 12.8 Å². The second kappa shape index (κ2) is 15.5. The zero-order chi connectivity index (χ0) is 21.3. The highest BCUT2D eigenvalue weighted by Gasteiger charge is 2.04. The molecule has 0 unspecified atom stereocenters. The molecular weight excluding hydrogens is 364 g/mol. The van der Waals surface area contributed by atoms with E-state index in [-0.39, 0.29) is 18.4 Å². The summed E-state index contributed by atoms with van der Waals surface area (Å²) < 4.78 is 0. The van der Waals surface area contributed by atoms with E-state index in [1.807, 2.05) is 43.3 Å². The van der Waals surface area contributed by atoms with Crippen molar-refractivity contribution in [1.82, 2.24) is 10.7 Å². The highest BCUT2D eigenvalue weighted by atomic mass is 16.2. The fourth-order valence-electron chi connectivity index (χ4n) is 2.94. The van der Waals surface area contributed by atoms with Gasteiger partial charge in [-0.25, -0.2) is 5.43 Å². The van der Waals surface area contributed by atoms with Crippen LogP contribution in [0.3, 0.4) is 0 Å². The molecule has 2 amide bonds. The highest BCUT2D eigenvalue weighted by Crippen LogP contribution is 2.11. The fraction of sp³-hybridized carbons (Fsp3) is 0.609. The van der Waals surface area contributed by atoms with Gasteiger partial charge >= 0.3 is 0 Å². The van der Waals surface area contributed by atoms with Crippen molar-refractivity contribution in [3.05, 3.63) is 29.8 Å². The number of hydrazone groups is 1. The van der Waals surface area contributed by atoms with Crippen LogP contribution in [0.15, 0.2) is 29.4 Å². The van der Waals surface area contributed by atoms with Crippen LogP contribution >= 0.6 is 0 Å². The predicted octanol–water partition coefficient (Wildman–Crippen LogP) is 4.24. The summed E-state index contributed by atoms with van der Waals surface area (Å²) in [4.78, 5) is 25.6. The van der Waals surface area contributed by atoms with Crippen molar-refractivity contribution in [2.45, 2.75) is 71.1 Å². The topological polar surface area (TPSA) is 73.8 Å². The van der Waals surface area contributed by atoms with Gasteiger partial charge in [0.1, 0.15) is 0 Å². The number of rotatable bonds is 15. The highest BCUT2D eigenvalue weighted by molar-refractivity contribution is 5.86. The first kappa shape index (κ1) is 24.7. The smallest absolute Gasteiger partial charge is 0.259 e. The van der Waals surface area contributed by atoms with Crippen LogP contribution in [0.5, 0.6) is 0 Å². The Kier molecular flexibility index (Phi) is 13.2. The predicted molar refractivity (Wildman–Crippen MR) is 121 cm³/mol. The molecule has 0 bridgehead atoms. The van der Waals surface area contributed by atoms with E-state index >= 15 is 0 Å². The first-order valence-corrected chi connectivity index (χ1v) is 10.9. The van der Waals surface area contributed by atoms with Gasteiger partial charge in [-0.15, -0.1) is 0 Å². The quantitative estimate of drug-likeness (QED) is 0.262. The molecule has 0 aromatic heterocycles. The summed E-state index contributed by atoms with van der Waals surface area (Å²) >= 11 is 0. The van der Waals surface area contributed by atoms with Gasteiger partial charge in [-0.3, -0.25) is 9.59 Å². The first-order valence-electron chi connectivity index (χ1n) is 10.9. The lowest BCUT2D eigenvalue weighted by Gasteiger charge is -2.11. The molecule has 0 spiro atoms. The van der Waals surface area contributed by atoms with E-state index in [2.05, 4.69) is 22.8 Å². The molecule has 0 fully saturated rings. The third-order valence-corrected chi connectivity index (χ3v) is 4.77. The molecular formula is C23H38N4O2. The summed E-state index contributed by atoms with van der Waals surface area (Å²) in [6.07, 6.45) is 13.0. The fourth-order valence-corrected chi connectivity index (χ4v) is 2.94. The SMILES string of the molecule is CCCCCCCCCCCC(=O)NCC(=O)N/N=C/c1ccc(N(C)C)cc1. The first-order chi connectivity index (χ1) is 14.0. The van der Waals surface area contributed by atoms with Crippen molar-refractivity contribution < 1.29 is 9.59 Å². The van der Waals surface area contributed by atoms with Crippen LogP contribution in [0, 0.1) is 0 Å². The number of hydrogen-bond acceptors (Lipinski definition) is 4. The van der Waals surface area contributed by atoms with Crippen molar-refractivity contribution in [1.29, 1.82) is 0 Å². The molecule has 1 aromatic carbocycles.